The third kappa shape index (κ3) is 3.43. The monoisotopic (exact) mass is 337 g/mol. The molecule has 0 unspecified atom stereocenters. The summed E-state index contributed by atoms with van der Waals surface area (Å²) in [4.78, 5) is 12.8. The summed E-state index contributed by atoms with van der Waals surface area (Å²) >= 11 is 3.54. The van der Waals surface area contributed by atoms with Crippen molar-refractivity contribution in [1.82, 2.24) is 0 Å². The van der Waals surface area contributed by atoms with Gasteiger partial charge >= 0.3 is 0 Å². The molecule has 3 heteroatoms. The SMILES string of the molecule is Cc1ccc(NC(=O)C2(CC(C)C)CCCC2)c(Br)c1. The molecule has 0 spiro atoms. The maximum Gasteiger partial charge on any atom is 0.230 e. The summed E-state index contributed by atoms with van der Waals surface area (Å²) in [5.41, 5.74) is 1.92. The smallest absolute Gasteiger partial charge is 0.230 e. The number of hydrogen-bond donors (Lipinski definition) is 1. The molecular weight excluding hydrogens is 314 g/mol. The van der Waals surface area contributed by atoms with Gasteiger partial charge in [-0.05, 0) is 65.7 Å². The first-order chi connectivity index (χ1) is 9.43. The maximum atomic E-state index is 12.8. The van der Waals surface area contributed by atoms with Crippen LogP contribution in [0, 0.1) is 18.3 Å². The van der Waals surface area contributed by atoms with Crippen molar-refractivity contribution in [2.45, 2.75) is 52.9 Å². The van der Waals surface area contributed by atoms with Gasteiger partial charge in [0.15, 0.2) is 0 Å². The second-order valence-corrected chi connectivity index (χ2v) is 7.38. The number of rotatable bonds is 4. The molecule has 2 rings (SSSR count). The summed E-state index contributed by atoms with van der Waals surface area (Å²) in [6.45, 7) is 6.46. The lowest BCUT2D eigenvalue weighted by Gasteiger charge is -2.29. The maximum absolute atomic E-state index is 12.8. The number of nitrogens with one attached hydrogen (secondary N) is 1. The highest BCUT2D eigenvalue weighted by Crippen LogP contribution is 2.44. The molecule has 1 aliphatic carbocycles. The van der Waals surface area contributed by atoms with E-state index in [0.29, 0.717) is 5.92 Å². The summed E-state index contributed by atoms with van der Waals surface area (Å²) in [6.07, 6.45) is 5.40. The van der Waals surface area contributed by atoms with Crippen LogP contribution in [0.5, 0.6) is 0 Å². The number of carbonyl (C=O) groups excluding carboxylic acids is 1. The Kier molecular flexibility index (Phi) is 4.90. The molecule has 1 aliphatic rings. The summed E-state index contributed by atoms with van der Waals surface area (Å²) in [6, 6.07) is 6.05. The quantitative estimate of drug-likeness (QED) is 0.793. The van der Waals surface area contributed by atoms with Gasteiger partial charge in [0.2, 0.25) is 5.91 Å². The minimum Gasteiger partial charge on any atom is -0.325 e. The van der Waals surface area contributed by atoms with Gasteiger partial charge in [0.05, 0.1) is 5.69 Å². The van der Waals surface area contributed by atoms with Crippen LogP contribution in [0.25, 0.3) is 0 Å². The molecule has 20 heavy (non-hydrogen) atoms. The lowest BCUT2D eigenvalue weighted by Crippen LogP contribution is -2.35. The predicted molar refractivity (Wildman–Crippen MR) is 87.9 cm³/mol. The summed E-state index contributed by atoms with van der Waals surface area (Å²) in [7, 11) is 0. The van der Waals surface area contributed by atoms with Crippen molar-refractivity contribution in [2.24, 2.45) is 11.3 Å². The van der Waals surface area contributed by atoms with Crippen LogP contribution in [0.15, 0.2) is 22.7 Å². The van der Waals surface area contributed by atoms with Gasteiger partial charge in [-0.2, -0.15) is 0 Å². The topological polar surface area (TPSA) is 29.1 Å². The Hall–Kier alpha value is -0.830. The van der Waals surface area contributed by atoms with E-state index in [0.717, 1.165) is 29.4 Å². The van der Waals surface area contributed by atoms with E-state index in [-0.39, 0.29) is 11.3 Å². The van der Waals surface area contributed by atoms with Crippen molar-refractivity contribution in [3.63, 3.8) is 0 Å². The van der Waals surface area contributed by atoms with E-state index in [1.165, 1.54) is 18.4 Å². The molecule has 0 aromatic heterocycles. The third-order valence-electron chi connectivity index (χ3n) is 4.21. The number of aryl methyl sites for hydroxylation is 1. The van der Waals surface area contributed by atoms with Gasteiger partial charge in [0.25, 0.3) is 0 Å². The minimum absolute atomic E-state index is 0.154. The standard InChI is InChI=1S/C17H24BrNO/c1-12(2)11-17(8-4-5-9-17)16(20)19-15-7-6-13(3)10-14(15)18/h6-7,10,12H,4-5,8-9,11H2,1-3H3,(H,19,20). The van der Waals surface area contributed by atoms with Crippen LogP contribution in [0.1, 0.15) is 51.5 Å². The molecule has 0 atom stereocenters. The number of anilines is 1. The van der Waals surface area contributed by atoms with E-state index in [1.807, 2.05) is 25.1 Å². The lowest BCUT2D eigenvalue weighted by molar-refractivity contribution is -0.126. The predicted octanol–water partition coefficient (Wildman–Crippen LogP) is 5.30. The zero-order valence-corrected chi connectivity index (χ0v) is 14.2. The van der Waals surface area contributed by atoms with Crippen molar-refractivity contribution in [3.8, 4) is 0 Å². The van der Waals surface area contributed by atoms with Gasteiger partial charge in [-0.15, -0.1) is 0 Å². The largest absolute Gasteiger partial charge is 0.325 e. The Morgan fingerprint density at radius 3 is 2.55 bits per heavy atom. The molecule has 1 aromatic rings. The first-order valence-corrected chi connectivity index (χ1v) is 8.30. The van der Waals surface area contributed by atoms with Crippen LogP contribution < -0.4 is 5.32 Å². The number of amides is 1. The average molecular weight is 338 g/mol. The van der Waals surface area contributed by atoms with Crippen LogP contribution in [0.2, 0.25) is 0 Å². The Bertz CT molecular complexity index is 490. The molecular formula is C17H24BrNO. The van der Waals surface area contributed by atoms with Gasteiger partial charge < -0.3 is 5.32 Å². The molecule has 0 bridgehead atoms. The number of benzene rings is 1. The zero-order valence-electron chi connectivity index (χ0n) is 12.6. The van der Waals surface area contributed by atoms with E-state index < -0.39 is 0 Å². The van der Waals surface area contributed by atoms with Crippen LogP contribution in [0.4, 0.5) is 5.69 Å². The number of carbonyl (C=O) groups is 1. The molecule has 1 aromatic carbocycles. The van der Waals surface area contributed by atoms with Crippen molar-refractivity contribution < 1.29 is 4.79 Å². The van der Waals surface area contributed by atoms with Crippen LogP contribution in [-0.4, -0.2) is 5.91 Å². The Morgan fingerprint density at radius 1 is 1.35 bits per heavy atom. The van der Waals surface area contributed by atoms with Crippen molar-refractivity contribution >= 4 is 27.5 Å². The second kappa shape index (κ2) is 6.30. The van der Waals surface area contributed by atoms with Gasteiger partial charge in [-0.3, -0.25) is 4.79 Å². The molecule has 1 saturated carbocycles. The Morgan fingerprint density at radius 2 is 2.00 bits per heavy atom. The van der Waals surface area contributed by atoms with Crippen LogP contribution in [-0.2, 0) is 4.79 Å². The highest BCUT2D eigenvalue weighted by Gasteiger charge is 2.41. The minimum atomic E-state index is -0.154. The average Bonchev–Trinajstić information content (AvgIpc) is 2.81. The molecule has 1 N–H and O–H groups in total. The zero-order chi connectivity index (χ0) is 14.8. The molecule has 0 radical (unpaired) electrons. The highest BCUT2D eigenvalue weighted by atomic mass is 79.9. The van der Waals surface area contributed by atoms with Gasteiger partial charge in [0.1, 0.15) is 0 Å². The second-order valence-electron chi connectivity index (χ2n) is 6.52. The van der Waals surface area contributed by atoms with E-state index in [9.17, 15) is 4.79 Å². The number of hydrogen-bond acceptors (Lipinski definition) is 1. The molecule has 0 aliphatic heterocycles. The van der Waals surface area contributed by atoms with Gasteiger partial charge in [-0.25, -0.2) is 0 Å². The fourth-order valence-electron chi connectivity index (χ4n) is 3.33. The third-order valence-corrected chi connectivity index (χ3v) is 4.87. The molecule has 1 amide bonds. The van der Waals surface area contributed by atoms with Crippen molar-refractivity contribution in [3.05, 3.63) is 28.2 Å². The summed E-state index contributed by atoms with van der Waals surface area (Å²) < 4.78 is 0.962. The Labute approximate surface area is 130 Å². The van der Waals surface area contributed by atoms with Gasteiger partial charge in [0, 0.05) is 9.89 Å². The Balaban J connectivity index is 2.16. The van der Waals surface area contributed by atoms with Crippen LogP contribution >= 0.6 is 15.9 Å². The van der Waals surface area contributed by atoms with E-state index in [2.05, 4.69) is 35.1 Å². The molecule has 0 saturated heterocycles. The summed E-state index contributed by atoms with van der Waals surface area (Å²) in [5.74, 6) is 0.758. The normalized spacial score (nSPS) is 17.4. The van der Waals surface area contributed by atoms with Gasteiger partial charge in [-0.1, -0.05) is 32.8 Å². The molecule has 1 fully saturated rings. The lowest BCUT2D eigenvalue weighted by atomic mass is 9.77. The van der Waals surface area contributed by atoms with E-state index in [1.54, 1.807) is 0 Å². The molecule has 0 heterocycles. The highest BCUT2D eigenvalue weighted by molar-refractivity contribution is 9.10. The van der Waals surface area contributed by atoms with Crippen LogP contribution in [0.3, 0.4) is 0 Å². The number of halogens is 1. The van der Waals surface area contributed by atoms with E-state index >= 15 is 0 Å². The first kappa shape index (κ1) is 15.6. The molecule has 2 nitrogen and oxygen atoms in total. The fraction of sp³-hybridized carbons (Fsp3) is 0.588. The van der Waals surface area contributed by atoms with Crippen molar-refractivity contribution in [1.29, 1.82) is 0 Å². The molecule has 110 valence electrons. The first-order valence-electron chi connectivity index (χ1n) is 7.50. The summed E-state index contributed by atoms with van der Waals surface area (Å²) in [5, 5.41) is 3.14. The van der Waals surface area contributed by atoms with E-state index in [4.69, 9.17) is 0 Å². The van der Waals surface area contributed by atoms with Crippen molar-refractivity contribution in [2.75, 3.05) is 5.32 Å². The fourth-order valence-corrected chi connectivity index (χ4v) is 3.93.